The van der Waals surface area contributed by atoms with Gasteiger partial charge >= 0.3 is 11.7 Å². The van der Waals surface area contributed by atoms with E-state index in [1.165, 1.54) is 24.9 Å². The number of pyridine rings is 1. The van der Waals surface area contributed by atoms with E-state index in [0.717, 1.165) is 50.8 Å². The lowest BCUT2D eigenvalue weighted by Crippen LogP contribution is -2.51. The van der Waals surface area contributed by atoms with Gasteiger partial charge < -0.3 is 19.4 Å². The van der Waals surface area contributed by atoms with Gasteiger partial charge in [0.2, 0.25) is 5.88 Å². The summed E-state index contributed by atoms with van der Waals surface area (Å²) < 4.78 is 13.1. The molecule has 4 aromatic rings. The fourth-order valence-corrected chi connectivity index (χ4v) is 6.90. The lowest BCUT2D eigenvalue weighted by molar-refractivity contribution is -0.155. The molecule has 0 spiro atoms. The summed E-state index contributed by atoms with van der Waals surface area (Å²) in [7, 11) is 4.43. The lowest BCUT2D eigenvalue weighted by atomic mass is 9.94. The van der Waals surface area contributed by atoms with Gasteiger partial charge in [-0.15, -0.1) is 0 Å². The van der Waals surface area contributed by atoms with Crippen LogP contribution in [0.25, 0.3) is 22.4 Å². The first-order chi connectivity index (χ1) is 22.5. The number of hydrogen-bond donors (Lipinski definition) is 1. The maximum atomic E-state index is 13.2. The predicted octanol–water partition coefficient (Wildman–Crippen LogP) is 4.52. The van der Waals surface area contributed by atoms with Gasteiger partial charge in [-0.1, -0.05) is 41.9 Å². The Morgan fingerprint density at radius 3 is 2.49 bits per heavy atom. The summed E-state index contributed by atoms with van der Waals surface area (Å²) in [4.78, 5) is 57.3. The molecule has 0 saturated carbocycles. The van der Waals surface area contributed by atoms with E-state index in [9.17, 15) is 19.2 Å². The van der Waals surface area contributed by atoms with Crippen LogP contribution in [-0.2, 0) is 30.0 Å². The summed E-state index contributed by atoms with van der Waals surface area (Å²) in [5, 5.41) is 3.32. The predicted molar refractivity (Wildman–Crippen MR) is 179 cm³/mol. The minimum absolute atomic E-state index is 0.102. The van der Waals surface area contributed by atoms with Crippen molar-refractivity contribution in [3.8, 4) is 28.3 Å². The topological polar surface area (TPSA) is 125 Å². The van der Waals surface area contributed by atoms with Crippen LogP contribution < -0.4 is 21.3 Å². The summed E-state index contributed by atoms with van der Waals surface area (Å²) in [5.41, 5.74) is 5.08. The van der Waals surface area contributed by atoms with E-state index < -0.39 is 17.2 Å². The molecule has 1 atom stereocenters. The van der Waals surface area contributed by atoms with E-state index in [4.69, 9.17) is 26.1 Å². The van der Waals surface area contributed by atoms with Gasteiger partial charge in [-0.05, 0) is 55.5 Å². The monoisotopic (exact) mass is 657 g/mol. The van der Waals surface area contributed by atoms with Crippen LogP contribution in [0.4, 0.5) is 5.69 Å². The second-order valence-corrected chi connectivity index (χ2v) is 12.3. The number of aromatic nitrogens is 3. The number of methoxy groups -OCH3 is 1. The SMILES string of the molecule is CCOC(=O)C1CN([C@H]2CCc3cc(-c4cccc(-c5cccc(NC(=O)c6cn(C)c(=O)n(C)c6=O)c5C)c4Cl)nc(OC)c32)C1. The summed E-state index contributed by atoms with van der Waals surface area (Å²) in [5.74, 6) is -0.319. The molecule has 1 aliphatic heterocycles. The summed E-state index contributed by atoms with van der Waals surface area (Å²) in [6, 6.07) is 13.4. The van der Waals surface area contributed by atoms with Crippen LogP contribution in [0.1, 0.15) is 46.4 Å². The number of carbonyl (C=O) groups is 2. The van der Waals surface area contributed by atoms with Crippen LogP contribution in [-0.4, -0.2) is 57.7 Å². The zero-order valence-electron chi connectivity index (χ0n) is 26.9. The number of nitrogens with zero attached hydrogens (tertiary/aromatic N) is 4. The molecule has 2 aromatic carbocycles. The van der Waals surface area contributed by atoms with Gasteiger partial charge in [-0.2, -0.15) is 0 Å². The van der Waals surface area contributed by atoms with E-state index in [2.05, 4.69) is 16.3 Å². The van der Waals surface area contributed by atoms with Gasteiger partial charge in [0.25, 0.3) is 11.5 Å². The number of halogens is 1. The Kier molecular flexibility index (Phi) is 8.78. The number of anilines is 1. The highest BCUT2D eigenvalue weighted by Gasteiger charge is 2.42. The number of likely N-dealkylation sites (tertiary alicyclic amines) is 1. The molecule has 0 unspecified atom stereocenters. The van der Waals surface area contributed by atoms with Crippen molar-refractivity contribution in [2.45, 2.75) is 32.7 Å². The number of esters is 1. The first kappa shape index (κ1) is 32.2. The third-order valence-electron chi connectivity index (χ3n) is 9.13. The fourth-order valence-electron chi connectivity index (χ4n) is 6.57. The largest absolute Gasteiger partial charge is 0.481 e. The zero-order chi connectivity index (χ0) is 33.6. The minimum atomic E-state index is -0.676. The van der Waals surface area contributed by atoms with Gasteiger partial charge in [0.1, 0.15) is 5.56 Å². The molecule has 2 aromatic heterocycles. The van der Waals surface area contributed by atoms with Crippen molar-refractivity contribution in [3.05, 3.63) is 96.8 Å². The number of rotatable bonds is 8. The highest BCUT2D eigenvalue weighted by atomic mass is 35.5. The molecule has 47 heavy (non-hydrogen) atoms. The Morgan fingerprint density at radius 1 is 1.06 bits per heavy atom. The fraction of sp³-hybridized carbons (Fsp3) is 0.343. The number of amides is 1. The van der Waals surface area contributed by atoms with E-state index in [1.807, 2.05) is 38.1 Å². The Labute approximate surface area is 276 Å². The second-order valence-electron chi connectivity index (χ2n) is 11.9. The third kappa shape index (κ3) is 5.74. The Morgan fingerprint density at radius 2 is 1.77 bits per heavy atom. The van der Waals surface area contributed by atoms with Crippen molar-refractivity contribution in [1.29, 1.82) is 0 Å². The van der Waals surface area contributed by atoms with Crippen molar-refractivity contribution < 1.29 is 19.1 Å². The molecule has 11 nitrogen and oxygen atoms in total. The quantitative estimate of drug-likeness (QED) is 0.275. The minimum Gasteiger partial charge on any atom is -0.481 e. The molecule has 6 rings (SSSR count). The van der Waals surface area contributed by atoms with Crippen molar-refractivity contribution >= 4 is 29.2 Å². The molecule has 3 heterocycles. The maximum absolute atomic E-state index is 13.2. The second kappa shape index (κ2) is 12.8. The highest BCUT2D eigenvalue weighted by molar-refractivity contribution is 6.36. The van der Waals surface area contributed by atoms with Gasteiger partial charge in [0.15, 0.2) is 0 Å². The van der Waals surface area contributed by atoms with E-state index in [0.29, 0.717) is 42.0 Å². The molecule has 1 N–H and O–H groups in total. The average molecular weight is 658 g/mol. The van der Waals surface area contributed by atoms with Gasteiger partial charge in [0, 0.05) is 61.8 Å². The molecule has 0 bridgehead atoms. The molecule has 12 heteroatoms. The summed E-state index contributed by atoms with van der Waals surface area (Å²) in [6.45, 7) is 5.38. The summed E-state index contributed by atoms with van der Waals surface area (Å²) >= 11 is 7.11. The van der Waals surface area contributed by atoms with Crippen LogP contribution in [0.3, 0.4) is 0 Å². The Bertz CT molecular complexity index is 2030. The first-order valence-electron chi connectivity index (χ1n) is 15.5. The highest BCUT2D eigenvalue weighted by Crippen LogP contribution is 2.46. The van der Waals surface area contributed by atoms with Gasteiger partial charge in [-0.3, -0.25) is 23.9 Å². The molecular formula is C35H36ClN5O6. The first-order valence-corrected chi connectivity index (χ1v) is 15.9. The standard InChI is InChI=1S/C35H36ClN5O6/c1-6-47-34(44)21-16-41(17-21)28-14-13-20-15-27(38-32(46-5)29(20)28)24-11-7-10-23(30(24)36)22-9-8-12-26(19(22)2)37-31(42)25-18-39(3)35(45)40(4)33(25)43/h7-12,15,18,21,28H,6,13-14,16-17H2,1-5H3,(H,37,42)/t28-/m0/s1. The third-order valence-corrected chi connectivity index (χ3v) is 9.54. The molecule has 1 saturated heterocycles. The van der Waals surface area contributed by atoms with Crippen molar-refractivity contribution in [3.63, 3.8) is 0 Å². The Balaban J connectivity index is 1.29. The molecule has 244 valence electrons. The lowest BCUT2D eigenvalue weighted by Gasteiger charge is -2.42. The van der Waals surface area contributed by atoms with Crippen molar-refractivity contribution in [2.75, 3.05) is 32.1 Å². The number of aryl methyl sites for hydroxylation is 2. The smallest absolute Gasteiger partial charge is 0.330 e. The van der Waals surface area contributed by atoms with Crippen LogP contribution in [0, 0.1) is 12.8 Å². The van der Waals surface area contributed by atoms with E-state index >= 15 is 0 Å². The maximum Gasteiger partial charge on any atom is 0.330 e. The molecule has 2 aliphatic rings. The molecule has 1 fully saturated rings. The van der Waals surface area contributed by atoms with Gasteiger partial charge in [0.05, 0.1) is 30.4 Å². The number of ether oxygens (including phenoxy) is 2. The molecule has 1 amide bonds. The normalized spacial score (nSPS) is 16.0. The van der Waals surface area contributed by atoms with Crippen LogP contribution in [0.15, 0.2) is 58.3 Å². The number of fused-ring (bicyclic) bond motifs is 1. The summed E-state index contributed by atoms with van der Waals surface area (Å²) in [6.07, 6.45) is 3.00. The van der Waals surface area contributed by atoms with Crippen LogP contribution in [0.5, 0.6) is 5.88 Å². The van der Waals surface area contributed by atoms with Crippen LogP contribution in [0.2, 0.25) is 5.02 Å². The zero-order valence-corrected chi connectivity index (χ0v) is 27.7. The van der Waals surface area contributed by atoms with E-state index in [-0.39, 0.29) is 23.5 Å². The van der Waals surface area contributed by atoms with Crippen molar-refractivity contribution in [1.82, 2.24) is 19.0 Å². The number of benzene rings is 2. The Hall–Kier alpha value is -4.74. The average Bonchev–Trinajstić information content (AvgIpc) is 3.45. The molecular weight excluding hydrogens is 622 g/mol. The van der Waals surface area contributed by atoms with E-state index in [1.54, 1.807) is 19.2 Å². The number of carbonyl (C=O) groups excluding carboxylic acids is 2. The van der Waals surface area contributed by atoms with Crippen molar-refractivity contribution in [2.24, 2.45) is 20.0 Å². The van der Waals surface area contributed by atoms with Crippen LogP contribution >= 0.6 is 11.6 Å². The number of nitrogens with one attached hydrogen (secondary N) is 1. The molecule has 1 aliphatic carbocycles. The number of hydrogen-bond acceptors (Lipinski definition) is 8. The van der Waals surface area contributed by atoms with Gasteiger partial charge in [-0.25, -0.2) is 9.78 Å². The molecule has 0 radical (unpaired) electrons.